The van der Waals surface area contributed by atoms with E-state index in [0.29, 0.717) is 6.54 Å². The number of primary amides is 1. The van der Waals surface area contributed by atoms with Gasteiger partial charge in [-0.25, -0.2) is 4.39 Å². The van der Waals surface area contributed by atoms with Gasteiger partial charge in [0, 0.05) is 11.9 Å². The van der Waals surface area contributed by atoms with Crippen LogP contribution in [0.2, 0.25) is 0 Å². The first-order valence-electron chi connectivity index (χ1n) is 6.58. The number of nitrogen functional groups attached to an aromatic ring is 1. The van der Waals surface area contributed by atoms with E-state index in [4.69, 9.17) is 11.5 Å². The number of amides is 1. The summed E-state index contributed by atoms with van der Waals surface area (Å²) in [6, 6.07) is 6.23. The van der Waals surface area contributed by atoms with Crippen LogP contribution in [0.4, 0.5) is 15.8 Å². The van der Waals surface area contributed by atoms with E-state index in [1.807, 2.05) is 19.1 Å². The zero-order valence-corrected chi connectivity index (χ0v) is 11.7. The average molecular weight is 288 g/mol. The highest BCUT2D eigenvalue weighted by Gasteiger charge is 2.12. The van der Waals surface area contributed by atoms with Gasteiger partial charge in [0.05, 0.1) is 23.5 Å². The summed E-state index contributed by atoms with van der Waals surface area (Å²) in [5, 5.41) is 2.93. The van der Waals surface area contributed by atoms with Gasteiger partial charge in [-0.2, -0.15) is 0 Å². The highest BCUT2D eigenvalue weighted by Crippen LogP contribution is 2.22. The summed E-state index contributed by atoms with van der Waals surface area (Å²) in [7, 11) is 0. The predicted molar refractivity (Wildman–Crippen MR) is 80.3 cm³/mol. The number of halogens is 1. The molecule has 0 fully saturated rings. The van der Waals surface area contributed by atoms with Crippen LogP contribution < -0.4 is 16.8 Å². The minimum atomic E-state index is -0.692. The molecule has 21 heavy (non-hydrogen) atoms. The fourth-order valence-corrected chi connectivity index (χ4v) is 2.07. The van der Waals surface area contributed by atoms with Crippen LogP contribution >= 0.6 is 0 Å². The quantitative estimate of drug-likeness (QED) is 0.734. The van der Waals surface area contributed by atoms with E-state index in [9.17, 15) is 9.18 Å². The van der Waals surface area contributed by atoms with Crippen molar-refractivity contribution in [2.75, 3.05) is 11.1 Å². The van der Waals surface area contributed by atoms with Gasteiger partial charge in [0.2, 0.25) is 0 Å². The number of carbonyl (C=O) groups is 1. The van der Waals surface area contributed by atoms with E-state index >= 15 is 0 Å². The zero-order chi connectivity index (χ0) is 15.4. The normalized spacial score (nSPS) is 10.4. The fourth-order valence-electron chi connectivity index (χ4n) is 2.07. The van der Waals surface area contributed by atoms with Crippen molar-refractivity contribution in [1.29, 1.82) is 0 Å². The predicted octanol–water partition coefficient (Wildman–Crippen LogP) is 2.08. The van der Waals surface area contributed by atoms with Crippen molar-refractivity contribution in [2.45, 2.75) is 19.9 Å². The van der Waals surface area contributed by atoms with Crippen molar-refractivity contribution in [3.63, 3.8) is 0 Å². The van der Waals surface area contributed by atoms with Crippen molar-refractivity contribution in [2.24, 2.45) is 5.73 Å². The Labute approximate surface area is 122 Å². The molecule has 0 radical (unpaired) electrons. The van der Waals surface area contributed by atoms with Gasteiger partial charge in [-0.15, -0.1) is 0 Å². The first-order chi connectivity index (χ1) is 10.0. The van der Waals surface area contributed by atoms with E-state index < -0.39 is 11.7 Å². The lowest BCUT2D eigenvalue weighted by molar-refractivity contribution is 0.100. The SMILES string of the molecule is CCc1cccnc1CNc1cc(C(N)=O)c(N)cc1F. The number of hydrogen-bond donors (Lipinski definition) is 3. The topological polar surface area (TPSA) is 94.0 Å². The fraction of sp³-hybridized carbons (Fsp3) is 0.200. The lowest BCUT2D eigenvalue weighted by Gasteiger charge is -2.12. The van der Waals surface area contributed by atoms with Gasteiger partial charge in [-0.1, -0.05) is 13.0 Å². The van der Waals surface area contributed by atoms with Crippen LogP contribution in [0.1, 0.15) is 28.5 Å². The first kappa shape index (κ1) is 14.8. The van der Waals surface area contributed by atoms with Crippen molar-refractivity contribution in [1.82, 2.24) is 4.98 Å². The van der Waals surface area contributed by atoms with Crippen LogP contribution in [-0.4, -0.2) is 10.9 Å². The number of aryl methyl sites for hydroxylation is 1. The van der Waals surface area contributed by atoms with Gasteiger partial charge in [0.1, 0.15) is 5.82 Å². The molecule has 5 N–H and O–H groups in total. The third-order valence-corrected chi connectivity index (χ3v) is 3.22. The molecule has 0 unspecified atom stereocenters. The third kappa shape index (κ3) is 3.28. The molecule has 0 saturated heterocycles. The third-order valence-electron chi connectivity index (χ3n) is 3.22. The van der Waals surface area contributed by atoms with Crippen molar-refractivity contribution in [3.8, 4) is 0 Å². The van der Waals surface area contributed by atoms with Gasteiger partial charge < -0.3 is 16.8 Å². The monoisotopic (exact) mass is 288 g/mol. The Kier molecular flexibility index (Phi) is 4.37. The largest absolute Gasteiger partial charge is 0.398 e. The molecule has 6 heteroatoms. The van der Waals surface area contributed by atoms with Crippen LogP contribution in [-0.2, 0) is 13.0 Å². The van der Waals surface area contributed by atoms with Gasteiger partial charge >= 0.3 is 0 Å². The maximum Gasteiger partial charge on any atom is 0.250 e. The summed E-state index contributed by atoms with van der Waals surface area (Å²) < 4.78 is 13.9. The van der Waals surface area contributed by atoms with Crippen LogP contribution in [0.15, 0.2) is 30.5 Å². The Morgan fingerprint density at radius 3 is 2.86 bits per heavy atom. The van der Waals surface area contributed by atoms with E-state index in [1.165, 1.54) is 6.07 Å². The maximum absolute atomic E-state index is 13.9. The Bertz CT molecular complexity index is 673. The van der Waals surface area contributed by atoms with E-state index in [1.54, 1.807) is 6.20 Å². The number of carbonyl (C=O) groups excluding carboxylic acids is 1. The number of anilines is 2. The molecule has 0 atom stereocenters. The van der Waals surface area contributed by atoms with Crippen LogP contribution in [0, 0.1) is 5.82 Å². The molecule has 2 rings (SSSR count). The molecule has 0 bridgehead atoms. The summed E-state index contributed by atoms with van der Waals surface area (Å²) in [6.45, 7) is 2.37. The second-order valence-corrected chi connectivity index (χ2v) is 4.60. The number of pyridine rings is 1. The Morgan fingerprint density at radius 1 is 1.43 bits per heavy atom. The Hall–Kier alpha value is -2.63. The second kappa shape index (κ2) is 6.21. The number of nitrogens with zero attached hydrogens (tertiary/aromatic N) is 1. The molecule has 5 nitrogen and oxygen atoms in total. The standard InChI is InChI=1S/C15H17FN4O/c1-2-9-4-3-5-19-14(9)8-20-13-6-10(15(18)21)12(17)7-11(13)16/h3-7,20H,2,8,17H2,1H3,(H2,18,21). The minimum absolute atomic E-state index is 0.0256. The number of aromatic nitrogens is 1. The van der Waals surface area contributed by atoms with E-state index in [2.05, 4.69) is 10.3 Å². The lowest BCUT2D eigenvalue weighted by Crippen LogP contribution is -2.15. The zero-order valence-electron chi connectivity index (χ0n) is 11.7. The van der Waals surface area contributed by atoms with Crippen molar-refractivity contribution >= 4 is 17.3 Å². The number of nitrogens with two attached hydrogens (primary N) is 2. The molecular formula is C15H17FN4O. The summed E-state index contributed by atoms with van der Waals surface area (Å²) in [5.41, 5.74) is 13.0. The van der Waals surface area contributed by atoms with Gasteiger partial charge in [-0.05, 0) is 30.2 Å². The van der Waals surface area contributed by atoms with Crippen molar-refractivity contribution < 1.29 is 9.18 Å². The Morgan fingerprint density at radius 2 is 2.19 bits per heavy atom. The maximum atomic E-state index is 13.9. The summed E-state index contributed by atoms with van der Waals surface area (Å²) in [5.74, 6) is -1.23. The highest BCUT2D eigenvalue weighted by molar-refractivity contribution is 5.99. The molecule has 0 spiro atoms. The lowest BCUT2D eigenvalue weighted by atomic mass is 10.1. The Balaban J connectivity index is 2.24. The number of nitrogens with one attached hydrogen (secondary N) is 1. The molecular weight excluding hydrogens is 271 g/mol. The van der Waals surface area contributed by atoms with Gasteiger partial charge in [0.25, 0.3) is 5.91 Å². The molecule has 110 valence electrons. The molecule has 2 aromatic rings. The number of hydrogen-bond acceptors (Lipinski definition) is 4. The molecule has 1 amide bonds. The molecule has 0 saturated carbocycles. The highest BCUT2D eigenvalue weighted by atomic mass is 19.1. The van der Waals surface area contributed by atoms with Crippen LogP contribution in [0.25, 0.3) is 0 Å². The minimum Gasteiger partial charge on any atom is -0.398 e. The summed E-state index contributed by atoms with van der Waals surface area (Å²) >= 11 is 0. The summed E-state index contributed by atoms with van der Waals surface area (Å²) in [4.78, 5) is 15.5. The molecule has 0 aliphatic rings. The van der Waals surface area contributed by atoms with Gasteiger partial charge in [0.15, 0.2) is 0 Å². The molecule has 0 aliphatic carbocycles. The molecule has 0 aliphatic heterocycles. The van der Waals surface area contributed by atoms with Crippen LogP contribution in [0.5, 0.6) is 0 Å². The van der Waals surface area contributed by atoms with E-state index in [0.717, 1.165) is 23.7 Å². The van der Waals surface area contributed by atoms with Crippen molar-refractivity contribution in [3.05, 3.63) is 53.1 Å². The molecule has 1 aromatic heterocycles. The van der Waals surface area contributed by atoms with Crippen LogP contribution in [0.3, 0.4) is 0 Å². The first-order valence-corrected chi connectivity index (χ1v) is 6.58. The van der Waals surface area contributed by atoms with Gasteiger partial charge in [-0.3, -0.25) is 9.78 Å². The smallest absolute Gasteiger partial charge is 0.250 e. The molecule has 1 aromatic carbocycles. The average Bonchev–Trinajstić information content (AvgIpc) is 2.46. The number of rotatable bonds is 5. The second-order valence-electron chi connectivity index (χ2n) is 4.60. The van der Waals surface area contributed by atoms with E-state index in [-0.39, 0.29) is 16.9 Å². The molecule has 1 heterocycles. The number of benzene rings is 1. The summed E-state index contributed by atoms with van der Waals surface area (Å²) in [6.07, 6.45) is 2.52.